The number of aromatic nitrogens is 4. The number of hydrogen-bond donors (Lipinski definition) is 5. The van der Waals surface area contributed by atoms with Crippen LogP contribution >= 0.6 is 0 Å². The van der Waals surface area contributed by atoms with Gasteiger partial charge in [0.05, 0.1) is 35.4 Å². The van der Waals surface area contributed by atoms with Crippen molar-refractivity contribution in [2.75, 3.05) is 6.54 Å². The molecule has 4 aromatic rings. The first-order chi connectivity index (χ1) is 32.5. The maximum absolute atomic E-state index is 16.0. The van der Waals surface area contributed by atoms with Gasteiger partial charge >= 0.3 is 25.5 Å². The van der Waals surface area contributed by atoms with Crippen molar-refractivity contribution in [3.8, 4) is 22.3 Å². The molecule has 0 aliphatic heterocycles. The van der Waals surface area contributed by atoms with Gasteiger partial charge in [0.2, 0.25) is 11.8 Å². The molecular weight excluding hydrogens is 959 g/mol. The lowest BCUT2D eigenvalue weighted by Gasteiger charge is -2.44. The summed E-state index contributed by atoms with van der Waals surface area (Å²) in [6, 6.07) is 0.906. The Kier molecular flexibility index (Phi) is 15.8. The van der Waals surface area contributed by atoms with E-state index in [9.17, 15) is 63.4 Å². The molecule has 2 aromatic heterocycles. The Hall–Kier alpha value is -5.69. The smallest absolute Gasteiger partial charge is 0.391 e. The third-order valence-corrected chi connectivity index (χ3v) is 12.9. The Morgan fingerprint density at radius 2 is 1.21 bits per heavy atom. The zero-order valence-electron chi connectivity index (χ0n) is 37.9. The first-order valence-electron chi connectivity index (χ1n) is 22.0. The van der Waals surface area contributed by atoms with E-state index in [0.717, 1.165) is 38.6 Å². The lowest BCUT2D eigenvalue weighted by atomic mass is 9.73. The monoisotopic (exact) mass is 1010 g/mol. The zero-order valence-corrected chi connectivity index (χ0v) is 37.9. The van der Waals surface area contributed by atoms with Crippen molar-refractivity contribution in [3.05, 3.63) is 83.9 Å². The number of carbonyl (C=O) groups excluding carboxylic acids is 3. The first-order valence-corrected chi connectivity index (χ1v) is 22.0. The van der Waals surface area contributed by atoms with E-state index in [2.05, 4.69) is 26.3 Å². The predicted molar refractivity (Wildman–Crippen MR) is 226 cm³/mol. The number of aliphatic hydroxyl groups excluding tert-OH is 1. The van der Waals surface area contributed by atoms with Crippen molar-refractivity contribution >= 4 is 17.7 Å². The Balaban J connectivity index is 1.41. The van der Waals surface area contributed by atoms with Gasteiger partial charge in [0, 0.05) is 66.0 Å². The van der Waals surface area contributed by atoms with Crippen LogP contribution in [0.15, 0.2) is 61.2 Å². The lowest BCUT2D eigenvalue weighted by Crippen LogP contribution is -2.65. The molecule has 2 saturated carbocycles. The third-order valence-electron chi connectivity index (χ3n) is 12.9. The Labute approximate surface area is 393 Å². The molecule has 2 aliphatic rings. The van der Waals surface area contributed by atoms with Crippen LogP contribution in [0, 0.1) is 40.2 Å². The number of nitrogens with two attached hydrogens (primary N) is 1. The molecule has 6 N–H and O–H groups in total. The molecule has 2 fully saturated rings. The average Bonchev–Trinajstić information content (AvgIpc) is 4.20. The highest BCUT2D eigenvalue weighted by atomic mass is 19.4. The van der Waals surface area contributed by atoms with Gasteiger partial charge in [-0.3, -0.25) is 19.8 Å². The number of rotatable bonds is 21. The molecule has 2 aromatic carbocycles. The number of halogens is 12. The van der Waals surface area contributed by atoms with E-state index in [-0.39, 0.29) is 26.9 Å². The van der Waals surface area contributed by atoms with Crippen molar-refractivity contribution in [1.29, 1.82) is 0 Å². The number of alkyl halides is 10. The minimum Gasteiger partial charge on any atom is -0.391 e. The Morgan fingerprint density at radius 1 is 0.743 bits per heavy atom. The average molecular weight is 1010 g/mol. The van der Waals surface area contributed by atoms with Crippen LogP contribution in [0.4, 0.5) is 52.7 Å². The van der Waals surface area contributed by atoms with Crippen molar-refractivity contribution in [1.82, 2.24) is 40.6 Å². The summed E-state index contributed by atoms with van der Waals surface area (Å²) in [5, 5.41) is 24.3. The quantitative estimate of drug-likeness (QED) is 0.0415. The summed E-state index contributed by atoms with van der Waals surface area (Å²) in [6.45, 7) is -5.48. The number of nitrogens with one attached hydrogen (secondary N) is 3. The molecule has 6 rings (SSSR count). The van der Waals surface area contributed by atoms with Crippen LogP contribution in [-0.2, 0) is 27.3 Å². The van der Waals surface area contributed by atoms with E-state index >= 15 is 8.78 Å². The van der Waals surface area contributed by atoms with E-state index in [4.69, 9.17) is 5.73 Å². The maximum atomic E-state index is 16.0. The van der Waals surface area contributed by atoms with Crippen LogP contribution < -0.4 is 21.8 Å². The number of amides is 3. The topological polar surface area (TPSA) is 172 Å². The molecule has 384 valence electrons. The largest absolute Gasteiger partial charge is 0.396 e. The summed E-state index contributed by atoms with van der Waals surface area (Å²) in [5.41, 5.74) is 2.54. The standard InChI is InChI=1S/C45H51F12N9O4/c1-42(2,44(52,53)54)35(61-37(68)24-9-10-24)34(58)29(13-22-5-7-23(8-6-22)27-16-59-65(18-27)40(48)49)33(67)21-64(63-39(70)36(43(3,4)45(55,56)57)62-38(69)25-11-12-25)20-30-31(46)14-26(15-32(30)47)28-17-60-66(19-28)41(50)51/h5-8,14-19,24-25,29,33-36,40-41,67H,9-13,20-21,58H2,1-4H3,(H,61,68)(H,62,69)(H,63,70)/t29-,33-,34?,35-,36-/m1/s1. The van der Waals surface area contributed by atoms with Gasteiger partial charge in [-0.15, -0.1) is 0 Å². The lowest BCUT2D eigenvalue weighted by molar-refractivity contribution is -0.225. The minimum absolute atomic E-state index is 0.160. The van der Waals surface area contributed by atoms with Crippen LogP contribution in [0.5, 0.6) is 0 Å². The van der Waals surface area contributed by atoms with Gasteiger partial charge in [-0.2, -0.15) is 54.1 Å². The molecule has 0 spiro atoms. The number of hydrogen-bond acceptors (Lipinski definition) is 8. The fourth-order valence-electron chi connectivity index (χ4n) is 7.81. The van der Waals surface area contributed by atoms with Crippen LogP contribution in [-0.4, -0.2) is 90.5 Å². The number of benzene rings is 2. The molecule has 0 saturated heterocycles. The first kappa shape index (κ1) is 53.7. The van der Waals surface area contributed by atoms with Gasteiger partial charge in [-0.05, 0) is 88.6 Å². The van der Waals surface area contributed by atoms with Crippen LogP contribution in [0.25, 0.3) is 22.3 Å². The molecule has 1 unspecified atom stereocenters. The highest BCUT2D eigenvalue weighted by molar-refractivity contribution is 5.90. The summed E-state index contributed by atoms with van der Waals surface area (Å²) in [5.74, 6) is -8.99. The Bertz CT molecular complexity index is 2460. The van der Waals surface area contributed by atoms with Crippen molar-refractivity contribution < 1.29 is 72.2 Å². The highest BCUT2D eigenvalue weighted by Gasteiger charge is 2.58. The third kappa shape index (κ3) is 12.2. The van der Waals surface area contributed by atoms with Crippen molar-refractivity contribution in [2.24, 2.45) is 34.3 Å². The van der Waals surface area contributed by atoms with Gasteiger partial charge in [0.15, 0.2) is 0 Å². The van der Waals surface area contributed by atoms with Gasteiger partial charge in [0.1, 0.15) is 17.7 Å². The van der Waals surface area contributed by atoms with Crippen LogP contribution in [0.1, 0.15) is 77.6 Å². The van der Waals surface area contributed by atoms with Crippen LogP contribution in [0.2, 0.25) is 0 Å². The summed E-state index contributed by atoms with van der Waals surface area (Å²) < 4.78 is 174. The molecule has 70 heavy (non-hydrogen) atoms. The second-order valence-corrected chi connectivity index (χ2v) is 18.9. The highest BCUT2D eigenvalue weighted by Crippen LogP contribution is 2.44. The van der Waals surface area contributed by atoms with Crippen LogP contribution in [0.3, 0.4) is 0 Å². The van der Waals surface area contributed by atoms with E-state index in [1.165, 1.54) is 24.3 Å². The van der Waals surface area contributed by atoms with Gasteiger partial charge in [0.25, 0.3) is 5.91 Å². The van der Waals surface area contributed by atoms with E-state index < -0.39 is 133 Å². The summed E-state index contributed by atoms with van der Waals surface area (Å²) in [7, 11) is 0. The van der Waals surface area contributed by atoms with Gasteiger partial charge < -0.3 is 21.5 Å². The fraction of sp³-hybridized carbons (Fsp3) is 0.533. The summed E-state index contributed by atoms with van der Waals surface area (Å²) >= 11 is 0. The zero-order chi connectivity index (χ0) is 51.8. The maximum Gasteiger partial charge on any atom is 0.396 e. The molecule has 2 heterocycles. The fourth-order valence-corrected chi connectivity index (χ4v) is 7.81. The second kappa shape index (κ2) is 20.6. The van der Waals surface area contributed by atoms with E-state index in [1.54, 1.807) is 0 Å². The van der Waals surface area contributed by atoms with Crippen molar-refractivity contribution in [2.45, 2.75) is 116 Å². The summed E-state index contributed by atoms with van der Waals surface area (Å²) in [6.07, 6.45) is -7.49. The molecule has 5 atom stereocenters. The molecule has 3 amide bonds. The van der Waals surface area contributed by atoms with E-state index in [1.807, 2.05) is 0 Å². The van der Waals surface area contributed by atoms with Gasteiger partial charge in [-0.1, -0.05) is 24.3 Å². The predicted octanol–water partition coefficient (Wildman–Crippen LogP) is 7.83. The van der Waals surface area contributed by atoms with Gasteiger partial charge in [-0.25, -0.2) is 23.2 Å². The SMILES string of the molecule is CC(C)([C@H](NC(=O)C1CC1)C(=O)NN(Cc1c(F)cc(-c2cnn(C(F)F)c2)cc1F)C[C@@H](O)[C@@H](Cc1ccc(-c2cnn(C(F)F)c2)cc1)C(N)[C@@H](NC(=O)C1CC1)C(C)(C)C(F)(F)F)C(F)(F)F. The normalized spacial score (nSPS) is 17.1. The summed E-state index contributed by atoms with van der Waals surface area (Å²) in [4.78, 5) is 40.2. The molecule has 0 bridgehead atoms. The number of hydrazine groups is 1. The number of carbonyl (C=O) groups is 3. The number of nitrogens with zero attached hydrogens (tertiary/aromatic N) is 5. The second-order valence-electron chi connectivity index (χ2n) is 18.9. The molecule has 0 radical (unpaired) electrons. The van der Waals surface area contributed by atoms with Crippen molar-refractivity contribution in [3.63, 3.8) is 0 Å². The molecular formula is C45H51F12N9O4. The number of aliphatic hydroxyl groups is 1. The Morgan fingerprint density at radius 3 is 1.66 bits per heavy atom. The van der Waals surface area contributed by atoms with E-state index in [0.29, 0.717) is 66.9 Å². The molecule has 25 heteroatoms. The molecule has 2 aliphatic carbocycles. The molecule has 13 nitrogen and oxygen atoms in total. The minimum atomic E-state index is -5.16.